The Morgan fingerprint density at radius 3 is 2.41 bits per heavy atom. The first-order valence-electron chi connectivity index (χ1n) is 11.0. The zero-order valence-corrected chi connectivity index (χ0v) is 19.5. The van der Waals surface area contributed by atoms with E-state index in [1.807, 2.05) is 62.4 Å². The lowest BCUT2D eigenvalue weighted by Gasteiger charge is -2.24. The highest BCUT2D eigenvalue weighted by Crippen LogP contribution is 2.26. The maximum Gasteiger partial charge on any atom is 0.319 e. The van der Waals surface area contributed by atoms with Gasteiger partial charge in [-0.25, -0.2) is 4.79 Å². The quantitative estimate of drug-likeness (QED) is 0.614. The van der Waals surface area contributed by atoms with Gasteiger partial charge in [0, 0.05) is 19.3 Å². The van der Waals surface area contributed by atoms with Gasteiger partial charge in [-0.3, -0.25) is 14.7 Å². The minimum atomic E-state index is -0.628. The molecule has 7 nitrogen and oxygen atoms in total. The van der Waals surface area contributed by atoms with Gasteiger partial charge in [0.25, 0.3) is 5.91 Å². The molecule has 0 bridgehead atoms. The van der Waals surface area contributed by atoms with Crippen molar-refractivity contribution in [3.05, 3.63) is 65.2 Å². The Balaban J connectivity index is 1.58. The van der Waals surface area contributed by atoms with Crippen LogP contribution in [0.4, 0.5) is 10.5 Å². The molecule has 170 valence electrons. The number of guanidine groups is 1. The Kier molecular flexibility index (Phi) is 7.18. The molecule has 2 aromatic carbocycles. The number of urea groups is 1. The van der Waals surface area contributed by atoms with Gasteiger partial charge in [0.15, 0.2) is 0 Å². The van der Waals surface area contributed by atoms with Crippen molar-refractivity contribution in [1.82, 2.24) is 15.5 Å². The predicted molar refractivity (Wildman–Crippen MR) is 128 cm³/mol. The van der Waals surface area contributed by atoms with Crippen molar-refractivity contribution in [2.24, 2.45) is 10.9 Å². The van der Waals surface area contributed by atoms with E-state index in [2.05, 4.69) is 34.8 Å². The summed E-state index contributed by atoms with van der Waals surface area (Å²) in [6.45, 7) is 8.98. The van der Waals surface area contributed by atoms with E-state index in [4.69, 9.17) is 0 Å². The van der Waals surface area contributed by atoms with Crippen molar-refractivity contribution in [1.29, 1.82) is 0 Å². The first-order valence-corrected chi connectivity index (χ1v) is 11.0. The lowest BCUT2D eigenvalue weighted by Crippen LogP contribution is -2.45. The van der Waals surface area contributed by atoms with Crippen LogP contribution in [0.1, 0.15) is 43.9 Å². The van der Waals surface area contributed by atoms with E-state index < -0.39 is 5.54 Å². The van der Waals surface area contributed by atoms with Gasteiger partial charge in [0.1, 0.15) is 5.54 Å². The number of hydrogen-bond donors (Lipinski definition) is 3. The minimum Gasteiger partial charge on any atom is -0.342 e. The second-order valence-electron chi connectivity index (χ2n) is 8.93. The summed E-state index contributed by atoms with van der Waals surface area (Å²) in [5.74, 6) is 1.05. The van der Waals surface area contributed by atoms with E-state index >= 15 is 0 Å². The largest absolute Gasteiger partial charge is 0.342 e. The van der Waals surface area contributed by atoms with Gasteiger partial charge in [-0.15, -0.1) is 0 Å². The van der Waals surface area contributed by atoms with Crippen molar-refractivity contribution in [3.63, 3.8) is 0 Å². The summed E-state index contributed by atoms with van der Waals surface area (Å²) in [7, 11) is 1.69. The SMILES string of the molecule is CN=C1NC(C)(CC(C)C)C(=O)N1Cc1ccc(CNC(=O)Nc2ccccc2C)cc1. The van der Waals surface area contributed by atoms with Gasteiger partial charge in [0.2, 0.25) is 5.96 Å². The third-order valence-electron chi connectivity index (χ3n) is 5.60. The summed E-state index contributed by atoms with van der Waals surface area (Å²) in [6.07, 6.45) is 0.747. The Labute approximate surface area is 190 Å². The maximum absolute atomic E-state index is 13.1. The van der Waals surface area contributed by atoms with Gasteiger partial charge < -0.3 is 16.0 Å². The number of hydrogen-bond acceptors (Lipinski definition) is 3. The number of anilines is 1. The minimum absolute atomic E-state index is 0.0467. The summed E-state index contributed by atoms with van der Waals surface area (Å²) < 4.78 is 0. The summed E-state index contributed by atoms with van der Waals surface area (Å²) in [4.78, 5) is 31.3. The van der Waals surface area contributed by atoms with Crippen LogP contribution in [0.5, 0.6) is 0 Å². The normalized spacial score (nSPS) is 19.4. The molecule has 1 aliphatic heterocycles. The fourth-order valence-corrected chi connectivity index (χ4v) is 4.05. The highest BCUT2D eigenvalue weighted by atomic mass is 16.2. The average Bonchev–Trinajstić information content (AvgIpc) is 2.98. The summed E-state index contributed by atoms with van der Waals surface area (Å²) in [6, 6.07) is 15.3. The lowest BCUT2D eigenvalue weighted by molar-refractivity contribution is -0.131. The molecule has 3 amide bonds. The maximum atomic E-state index is 13.1. The van der Waals surface area contributed by atoms with Crippen LogP contribution in [0.25, 0.3) is 0 Å². The standard InChI is InChI=1S/C25H33N5O2/c1-17(2)14-25(4)22(31)30(23(26-5)29-25)16-20-12-10-19(11-13-20)15-27-24(32)28-21-9-7-6-8-18(21)3/h6-13,17H,14-16H2,1-5H3,(H,26,29)(H2,27,28,32). The number of nitrogens with one attached hydrogen (secondary N) is 3. The number of carbonyl (C=O) groups is 2. The molecule has 1 atom stereocenters. The lowest BCUT2D eigenvalue weighted by atomic mass is 9.91. The van der Waals surface area contributed by atoms with Crippen LogP contribution in [0.15, 0.2) is 53.5 Å². The van der Waals surface area contributed by atoms with E-state index in [0.717, 1.165) is 28.8 Å². The van der Waals surface area contributed by atoms with E-state index in [-0.39, 0.29) is 11.9 Å². The van der Waals surface area contributed by atoms with Crippen LogP contribution in [0, 0.1) is 12.8 Å². The predicted octanol–water partition coefficient (Wildman–Crippen LogP) is 4.04. The average molecular weight is 436 g/mol. The van der Waals surface area contributed by atoms with Crippen molar-refractivity contribution < 1.29 is 9.59 Å². The summed E-state index contributed by atoms with van der Waals surface area (Å²) in [5.41, 5.74) is 3.16. The van der Waals surface area contributed by atoms with Gasteiger partial charge in [-0.05, 0) is 48.9 Å². The monoisotopic (exact) mass is 435 g/mol. The Morgan fingerprint density at radius 2 is 1.78 bits per heavy atom. The molecule has 1 heterocycles. The summed E-state index contributed by atoms with van der Waals surface area (Å²) in [5, 5.41) is 9.05. The number of aliphatic imine (C=N–C) groups is 1. The molecule has 0 spiro atoms. The van der Waals surface area contributed by atoms with Crippen LogP contribution in [0.3, 0.4) is 0 Å². The smallest absolute Gasteiger partial charge is 0.319 e. The highest BCUT2D eigenvalue weighted by Gasteiger charge is 2.46. The van der Waals surface area contributed by atoms with Crippen molar-refractivity contribution >= 4 is 23.6 Å². The molecular weight excluding hydrogens is 402 g/mol. The molecule has 0 saturated carbocycles. The number of aryl methyl sites for hydroxylation is 1. The summed E-state index contributed by atoms with van der Waals surface area (Å²) >= 11 is 0. The third-order valence-corrected chi connectivity index (χ3v) is 5.60. The Bertz CT molecular complexity index is 1000. The van der Waals surface area contributed by atoms with E-state index in [0.29, 0.717) is 25.0 Å². The molecule has 1 fully saturated rings. The van der Waals surface area contributed by atoms with Gasteiger partial charge in [0.05, 0.1) is 6.54 Å². The number of benzene rings is 2. The van der Waals surface area contributed by atoms with E-state index in [9.17, 15) is 9.59 Å². The fourth-order valence-electron chi connectivity index (χ4n) is 4.05. The first kappa shape index (κ1) is 23.3. The molecular formula is C25H33N5O2. The van der Waals surface area contributed by atoms with Crippen LogP contribution >= 0.6 is 0 Å². The molecule has 0 radical (unpaired) electrons. The molecule has 0 aliphatic carbocycles. The molecule has 1 unspecified atom stereocenters. The fraction of sp³-hybridized carbons (Fsp3) is 0.400. The van der Waals surface area contributed by atoms with Crippen molar-refractivity contribution in [2.45, 2.75) is 52.7 Å². The molecule has 1 aliphatic rings. The topological polar surface area (TPSA) is 85.8 Å². The molecule has 7 heteroatoms. The van der Waals surface area contributed by atoms with Crippen molar-refractivity contribution in [3.8, 4) is 0 Å². The van der Waals surface area contributed by atoms with Crippen LogP contribution in [-0.2, 0) is 17.9 Å². The molecule has 3 rings (SSSR count). The second-order valence-corrected chi connectivity index (χ2v) is 8.93. The van der Waals surface area contributed by atoms with Gasteiger partial charge in [-0.2, -0.15) is 0 Å². The zero-order valence-electron chi connectivity index (χ0n) is 19.5. The number of nitrogens with zero attached hydrogens (tertiary/aromatic N) is 2. The molecule has 0 aromatic heterocycles. The number of carbonyl (C=O) groups excluding carboxylic acids is 2. The molecule has 32 heavy (non-hydrogen) atoms. The van der Waals surface area contributed by atoms with E-state index in [1.54, 1.807) is 11.9 Å². The third kappa shape index (κ3) is 5.46. The highest BCUT2D eigenvalue weighted by molar-refractivity contribution is 6.08. The van der Waals surface area contributed by atoms with Crippen LogP contribution in [-0.4, -0.2) is 35.4 Å². The number of para-hydroxylation sites is 1. The van der Waals surface area contributed by atoms with E-state index in [1.165, 1.54) is 0 Å². The van der Waals surface area contributed by atoms with Crippen LogP contribution in [0.2, 0.25) is 0 Å². The van der Waals surface area contributed by atoms with Crippen LogP contribution < -0.4 is 16.0 Å². The van der Waals surface area contributed by atoms with Gasteiger partial charge >= 0.3 is 6.03 Å². The molecule has 3 N–H and O–H groups in total. The zero-order chi connectivity index (χ0) is 23.3. The first-order chi connectivity index (χ1) is 15.2. The van der Waals surface area contributed by atoms with Gasteiger partial charge in [-0.1, -0.05) is 56.3 Å². The van der Waals surface area contributed by atoms with Crippen molar-refractivity contribution in [2.75, 3.05) is 12.4 Å². The Hall–Kier alpha value is -3.35. The second kappa shape index (κ2) is 9.85. The molecule has 2 aromatic rings. The number of rotatable bonds is 7. The Morgan fingerprint density at radius 1 is 1.12 bits per heavy atom. The number of amides is 3. The molecule has 1 saturated heterocycles.